The Morgan fingerprint density at radius 1 is 1.06 bits per heavy atom. The first-order chi connectivity index (χ1) is 14.9. The third-order valence-corrected chi connectivity index (χ3v) is 5.90. The summed E-state index contributed by atoms with van der Waals surface area (Å²) in [5.74, 6) is -0.595. The van der Waals surface area contributed by atoms with Crippen LogP contribution in [0, 0.1) is 0 Å². The number of halogens is 3. The molecule has 1 saturated carbocycles. The topological polar surface area (TPSA) is 48.1 Å². The van der Waals surface area contributed by atoms with Gasteiger partial charge in [-0.2, -0.15) is 13.2 Å². The number of rotatable bonds is 6. The maximum absolute atomic E-state index is 13.4. The van der Waals surface area contributed by atoms with Crippen molar-refractivity contribution < 1.29 is 18.0 Å². The van der Waals surface area contributed by atoms with Crippen molar-refractivity contribution in [1.29, 1.82) is 0 Å². The number of nitrogens with one attached hydrogen (secondary N) is 2. The third-order valence-electron chi connectivity index (χ3n) is 5.90. The Labute approximate surface area is 179 Å². The lowest BCUT2D eigenvalue weighted by atomic mass is 9.89. The fourth-order valence-electron chi connectivity index (χ4n) is 4.39. The van der Waals surface area contributed by atoms with E-state index in [4.69, 9.17) is 0 Å². The molecule has 0 saturated heterocycles. The second kappa shape index (κ2) is 9.14. The number of benzene rings is 2. The van der Waals surface area contributed by atoms with Crippen molar-refractivity contribution in [2.24, 2.45) is 0 Å². The van der Waals surface area contributed by atoms with Gasteiger partial charge in [-0.15, -0.1) is 0 Å². The van der Waals surface area contributed by atoms with Gasteiger partial charge in [0.1, 0.15) is 12.2 Å². The van der Waals surface area contributed by atoms with Gasteiger partial charge >= 0.3 is 6.18 Å². The average Bonchev–Trinajstić information content (AvgIpc) is 3.20. The number of aromatic nitrogens is 1. The van der Waals surface area contributed by atoms with Crippen LogP contribution in [-0.4, -0.2) is 40.6 Å². The Balaban J connectivity index is 1.50. The summed E-state index contributed by atoms with van der Waals surface area (Å²) in [6.45, 7) is -0.579. The van der Waals surface area contributed by atoms with E-state index in [9.17, 15) is 18.0 Å². The lowest BCUT2D eigenvalue weighted by Gasteiger charge is -2.38. The smallest absolute Gasteiger partial charge is 0.351 e. The highest BCUT2D eigenvalue weighted by molar-refractivity contribution is 5.98. The van der Waals surface area contributed by atoms with Gasteiger partial charge < -0.3 is 15.2 Å². The van der Waals surface area contributed by atoms with Gasteiger partial charge in [0.15, 0.2) is 0 Å². The Kier molecular flexibility index (Phi) is 6.32. The van der Waals surface area contributed by atoms with E-state index < -0.39 is 24.7 Å². The second-order valence-electron chi connectivity index (χ2n) is 8.20. The SMILES string of the molecule is O=C(c1cc2ccccc2[nH]1)N(CC(F)(F)F)C1CCC[C@@H](NCc2ccccc2)C1. The molecule has 1 fully saturated rings. The number of hydrogen-bond acceptors (Lipinski definition) is 2. The Bertz CT molecular complexity index is 983. The van der Waals surface area contributed by atoms with E-state index >= 15 is 0 Å². The summed E-state index contributed by atoms with van der Waals surface area (Å²) >= 11 is 0. The predicted molar refractivity (Wildman–Crippen MR) is 115 cm³/mol. The standard InChI is InChI=1S/C24H26F3N3O/c25-24(26,27)16-30(23(31)22-13-18-9-4-5-12-21(18)29-22)20-11-6-10-19(14-20)28-15-17-7-2-1-3-8-17/h1-5,7-9,12-13,19-20,28-29H,6,10-11,14-16H2/t19-,20?/m1/s1. The summed E-state index contributed by atoms with van der Waals surface area (Å²) in [6, 6.07) is 18.5. The largest absolute Gasteiger partial charge is 0.406 e. The summed E-state index contributed by atoms with van der Waals surface area (Å²) in [6.07, 6.45) is -1.69. The van der Waals surface area contributed by atoms with Gasteiger partial charge in [0.2, 0.25) is 0 Å². The molecule has 0 aliphatic heterocycles. The highest BCUT2D eigenvalue weighted by Crippen LogP contribution is 2.29. The number of fused-ring (bicyclic) bond motifs is 1. The zero-order valence-electron chi connectivity index (χ0n) is 17.2. The average molecular weight is 429 g/mol. The minimum absolute atomic E-state index is 0.0743. The summed E-state index contributed by atoms with van der Waals surface area (Å²) in [4.78, 5) is 17.2. The molecule has 1 heterocycles. The van der Waals surface area contributed by atoms with E-state index in [1.165, 1.54) is 0 Å². The Hall–Kier alpha value is -2.80. The van der Waals surface area contributed by atoms with Gasteiger partial charge in [-0.05, 0) is 43.4 Å². The highest BCUT2D eigenvalue weighted by Gasteiger charge is 2.39. The van der Waals surface area contributed by atoms with Crippen molar-refractivity contribution in [2.75, 3.05) is 6.54 Å². The molecule has 2 atom stereocenters. The van der Waals surface area contributed by atoms with Crippen molar-refractivity contribution in [3.05, 3.63) is 71.9 Å². The van der Waals surface area contributed by atoms with Crippen LogP contribution in [0.2, 0.25) is 0 Å². The maximum atomic E-state index is 13.4. The lowest BCUT2D eigenvalue weighted by molar-refractivity contribution is -0.146. The molecule has 1 aromatic heterocycles. The number of hydrogen-bond donors (Lipinski definition) is 2. The number of para-hydroxylation sites is 1. The number of H-pyrrole nitrogens is 1. The molecule has 164 valence electrons. The van der Waals surface area contributed by atoms with E-state index in [1.54, 1.807) is 6.07 Å². The van der Waals surface area contributed by atoms with E-state index in [0.717, 1.165) is 34.2 Å². The summed E-state index contributed by atoms with van der Waals surface area (Å²) in [5, 5.41) is 4.27. The van der Waals surface area contributed by atoms with Gasteiger partial charge in [-0.25, -0.2) is 0 Å². The van der Waals surface area contributed by atoms with Gasteiger partial charge in [0.25, 0.3) is 5.91 Å². The Morgan fingerprint density at radius 3 is 2.55 bits per heavy atom. The molecule has 2 N–H and O–H groups in total. The van der Waals surface area contributed by atoms with Gasteiger partial charge in [0, 0.05) is 29.5 Å². The summed E-state index contributed by atoms with van der Waals surface area (Å²) in [5.41, 5.74) is 2.07. The van der Waals surface area contributed by atoms with Crippen molar-refractivity contribution in [3.63, 3.8) is 0 Å². The second-order valence-corrected chi connectivity index (χ2v) is 8.20. The molecule has 1 aliphatic carbocycles. The molecule has 2 aromatic carbocycles. The van der Waals surface area contributed by atoms with Crippen LogP contribution in [0.4, 0.5) is 13.2 Å². The van der Waals surface area contributed by atoms with Crippen LogP contribution in [-0.2, 0) is 6.54 Å². The van der Waals surface area contributed by atoms with E-state index in [0.29, 0.717) is 19.4 Å². The molecule has 1 amide bonds. The van der Waals surface area contributed by atoms with E-state index in [2.05, 4.69) is 10.3 Å². The summed E-state index contributed by atoms with van der Waals surface area (Å²) in [7, 11) is 0. The van der Waals surface area contributed by atoms with Crippen LogP contribution in [0.3, 0.4) is 0 Å². The fourth-order valence-corrected chi connectivity index (χ4v) is 4.39. The molecule has 7 heteroatoms. The maximum Gasteiger partial charge on any atom is 0.406 e. The van der Waals surface area contributed by atoms with Crippen LogP contribution in [0.1, 0.15) is 41.7 Å². The number of alkyl halides is 3. The molecule has 31 heavy (non-hydrogen) atoms. The molecule has 0 bridgehead atoms. The fraction of sp³-hybridized carbons (Fsp3) is 0.375. The van der Waals surface area contributed by atoms with Gasteiger partial charge in [-0.1, -0.05) is 48.5 Å². The van der Waals surface area contributed by atoms with Crippen molar-refractivity contribution >= 4 is 16.8 Å². The molecule has 1 aliphatic rings. The van der Waals surface area contributed by atoms with Crippen LogP contribution in [0.25, 0.3) is 10.9 Å². The lowest BCUT2D eigenvalue weighted by Crippen LogP contribution is -2.50. The zero-order valence-corrected chi connectivity index (χ0v) is 17.2. The molecular formula is C24H26F3N3O. The summed E-state index contributed by atoms with van der Waals surface area (Å²) < 4.78 is 40.2. The number of carbonyl (C=O) groups excluding carboxylic acids is 1. The van der Waals surface area contributed by atoms with Crippen LogP contribution >= 0.6 is 0 Å². The third kappa shape index (κ3) is 5.47. The van der Waals surface area contributed by atoms with Crippen molar-refractivity contribution in [1.82, 2.24) is 15.2 Å². The van der Waals surface area contributed by atoms with E-state index in [1.807, 2.05) is 54.6 Å². The zero-order chi connectivity index (χ0) is 21.8. The highest BCUT2D eigenvalue weighted by atomic mass is 19.4. The molecule has 0 spiro atoms. The first-order valence-corrected chi connectivity index (χ1v) is 10.6. The van der Waals surface area contributed by atoms with Gasteiger partial charge in [-0.3, -0.25) is 4.79 Å². The number of nitrogens with zero attached hydrogens (tertiary/aromatic N) is 1. The number of amides is 1. The minimum atomic E-state index is -4.45. The number of aromatic amines is 1. The Morgan fingerprint density at radius 2 is 1.81 bits per heavy atom. The molecule has 3 aromatic rings. The monoisotopic (exact) mass is 429 g/mol. The molecular weight excluding hydrogens is 403 g/mol. The molecule has 4 rings (SSSR count). The van der Waals surface area contributed by atoms with E-state index in [-0.39, 0.29) is 11.7 Å². The van der Waals surface area contributed by atoms with Crippen LogP contribution in [0.5, 0.6) is 0 Å². The van der Waals surface area contributed by atoms with Crippen molar-refractivity contribution in [2.45, 2.75) is 50.5 Å². The van der Waals surface area contributed by atoms with Crippen molar-refractivity contribution in [3.8, 4) is 0 Å². The first-order valence-electron chi connectivity index (χ1n) is 10.6. The number of carbonyl (C=O) groups is 1. The molecule has 0 radical (unpaired) electrons. The van der Waals surface area contributed by atoms with Crippen LogP contribution < -0.4 is 5.32 Å². The van der Waals surface area contributed by atoms with Crippen LogP contribution in [0.15, 0.2) is 60.7 Å². The quantitative estimate of drug-likeness (QED) is 0.561. The first kappa shape index (κ1) is 21.4. The molecule has 4 nitrogen and oxygen atoms in total. The predicted octanol–water partition coefficient (Wildman–Crippen LogP) is 5.27. The minimum Gasteiger partial charge on any atom is -0.351 e. The van der Waals surface area contributed by atoms with Gasteiger partial charge in [0.05, 0.1) is 0 Å². The molecule has 1 unspecified atom stereocenters. The normalized spacial score (nSPS) is 19.5.